The van der Waals surface area contributed by atoms with Gasteiger partial charge in [0.25, 0.3) is 11.8 Å². The number of imide groups is 1. The molecule has 0 fully saturated rings. The van der Waals surface area contributed by atoms with Crippen molar-refractivity contribution in [1.82, 2.24) is 0 Å². The normalized spacial score (nSPS) is 13.8. The molecule has 0 saturated carbocycles. The highest BCUT2D eigenvalue weighted by Gasteiger charge is 2.40. The van der Waals surface area contributed by atoms with Gasteiger partial charge in [0.1, 0.15) is 5.70 Å². The molecule has 1 N–H and O–H groups in total. The van der Waals surface area contributed by atoms with Crippen LogP contribution in [0.4, 0.5) is 17.1 Å². The van der Waals surface area contributed by atoms with Gasteiger partial charge >= 0.3 is 0 Å². The smallest absolute Gasteiger partial charge is 0.282 e. The van der Waals surface area contributed by atoms with Crippen LogP contribution in [-0.4, -0.2) is 25.9 Å². The van der Waals surface area contributed by atoms with E-state index in [1.165, 1.54) is 10.5 Å². The first-order chi connectivity index (χ1) is 15.8. The van der Waals surface area contributed by atoms with E-state index in [-0.39, 0.29) is 11.6 Å². The van der Waals surface area contributed by atoms with Crippen LogP contribution in [0.5, 0.6) is 0 Å². The largest absolute Gasteiger partial charge is 0.378 e. The molecule has 3 aromatic rings. The van der Waals surface area contributed by atoms with Crippen molar-refractivity contribution in [3.05, 3.63) is 94.6 Å². The summed E-state index contributed by atoms with van der Waals surface area (Å²) in [7, 11) is 3.83. The summed E-state index contributed by atoms with van der Waals surface area (Å²) in [6, 6.07) is 22.2. The van der Waals surface area contributed by atoms with Gasteiger partial charge in [-0.25, -0.2) is 4.90 Å². The summed E-state index contributed by atoms with van der Waals surface area (Å²) >= 11 is 6.06. The molecule has 1 heterocycles. The van der Waals surface area contributed by atoms with Crippen LogP contribution in [0.15, 0.2) is 78.5 Å². The number of amides is 2. The van der Waals surface area contributed by atoms with Crippen LogP contribution in [-0.2, 0) is 9.59 Å². The van der Waals surface area contributed by atoms with Gasteiger partial charge in [0.05, 0.1) is 11.3 Å². The fourth-order valence-corrected chi connectivity index (χ4v) is 3.90. The zero-order chi connectivity index (χ0) is 23.7. The zero-order valence-electron chi connectivity index (χ0n) is 19.1. The maximum atomic E-state index is 13.6. The lowest BCUT2D eigenvalue weighted by atomic mass is 10.0. The molecule has 168 valence electrons. The topological polar surface area (TPSA) is 52.7 Å². The predicted octanol–water partition coefficient (Wildman–Crippen LogP) is 5.93. The lowest BCUT2D eigenvalue weighted by molar-refractivity contribution is -0.120. The Morgan fingerprint density at radius 2 is 1.55 bits per heavy atom. The molecule has 4 rings (SSSR count). The highest BCUT2D eigenvalue weighted by Crippen LogP contribution is 2.35. The molecule has 5 nitrogen and oxygen atoms in total. The molecule has 1 aliphatic heterocycles. The van der Waals surface area contributed by atoms with Crippen LogP contribution >= 0.6 is 11.6 Å². The number of nitrogens with one attached hydrogen (secondary N) is 1. The van der Waals surface area contributed by atoms with Gasteiger partial charge in [-0.15, -0.1) is 0 Å². The summed E-state index contributed by atoms with van der Waals surface area (Å²) in [6.45, 7) is 4.25. The number of carbonyl (C=O) groups excluding carboxylic acids is 2. The predicted molar refractivity (Wildman–Crippen MR) is 136 cm³/mol. The molecule has 0 unspecified atom stereocenters. The van der Waals surface area contributed by atoms with Crippen LogP contribution in [0, 0.1) is 0 Å². The fraction of sp³-hybridized carbons (Fsp3) is 0.185. The van der Waals surface area contributed by atoms with E-state index in [2.05, 4.69) is 19.2 Å². The van der Waals surface area contributed by atoms with Crippen LogP contribution < -0.4 is 15.1 Å². The molecular formula is C27H26ClN3O2. The second-order valence-electron chi connectivity index (χ2n) is 8.52. The van der Waals surface area contributed by atoms with Crippen LogP contribution in [0.1, 0.15) is 30.9 Å². The molecule has 0 radical (unpaired) electrons. The maximum absolute atomic E-state index is 13.6. The van der Waals surface area contributed by atoms with Crippen molar-refractivity contribution in [2.45, 2.75) is 19.8 Å². The molecule has 33 heavy (non-hydrogen) atoms. The quantitative estimate of drug-likeness (QED) is 0.464. The summed E-state index contributed by atoms with van der Waals surface area (Å²) in [5, 5.41) is 3.77. The second-order valence-corrected chi connectivity index (χ2v) is 8.96. The number of rotatable bonds is 6. The van der Waals surface area contributed by atoms with E-state index in [1.807, 2.05) is 61.5 Å². The number of carbonyl (C=O) groups is 2. The molecule has 2 amide bonds. The summed E-state index contributed by atoms with van der Waals surface area (Å²) in [6.07, 6.45) is 0. The number of anilines is 3. The monoisotopic (exact) mass is 459 g/mol. The van der Waals surface area contributed by atoms with Gasteiger partial charge in [-0.1, -0.05) is 55.8 Å². The first-order valence-corrected chi connectivity index (χ1v) is 11.2. The summed E-state index contributed by atoms with van der Waals surface area (Å²) < 4.78 is 0. The van der Waals surface area contributed by atoms with Crippen molar-refractivity contribution in [3.8, 4) is 0 Å². The minimum Gasteiger partial charge on any atom is -0.378 e. The molecule has 0 aliphatic carbocycles. The average Bonchev–Trinajstić information content (AvgIpc) is 3.04. The molecule has 0 bridgehead atoms. The van der Waals surface area contributed by atoms with Crippen LogP contribution in [0.25, 0.3) is 5.57 Å². The highest BCUT2D eigenvalue weighted by molar-refractivity contribution is 6.46. The van der Waals surface area contributed by atoms with Crippen molar-refractivity contribution in [1.29, 1.82) is 0 Å². The summed E-state index contributed by atoms with van der Waals surface area (Å²) in [5.74, 6) is -0.370. The molecule has 3 aromatic carbocycles. The van der Waals surface area contributed by atoms with Crippen molar-refractivity contribution >= 4 is 46.1 Å². The van der Waals surface area contributed by atoms with Gasteiger partial charge in [-0.3, -0.25) is 9.59 Å². The standard InChI is InChI=1S/C27H26ClN3O2/c1-17(2)18-10-14-21(15-11-18)29-25-24(19-8-12-20(28)13-9-19)26(32)31(27(25)33)23-7-5-6-22(16-23)30(3)4/h5-17,29H,1-4H3. The Morgan fingerprint density at radius 1 is 0.879 bits per heavy atom. The Morgan fingerprint density at radius 3 is 2.15 bits per heavy atom. The van der Waals surface area contributed by atoms with Gasteiger partial charge in [0.2, 0.25) is 0 Å². The third-order valence-corrected chi connectivity index (χ3v) is 5.92. The van der Waals surface area contributed by atoms with Crippen molar-refractivity contribution in [2.24, 2.45) is 0 Å². The minimum absolute atomic E-state index is 0.245. The Hall–Kier alpha value is -3.57. The van der Waals surface area contributed by atoms with Gasteiger partial charge in [-0.2, -0.15) is 0 Å². The lowest BCUT2D eigenvalue weighted by Crippen LogP contribution is -2.32. The van der Waals surface area contributed by atoms with E-state index >= 15 is 0 Å². The first-order valence-electron chi connectivity index (χ1n) is 10.8. The fourth-order valence-electron chi connectivity index (χ4n) is 3.77. The number of hydrogen-bond donors (Lipinski definition) is 1. The van der Waals surface area contributed by atoms with E-state index in [9.17, 15) is 9.59 Å². The summed E-state index contributed by atoms with van der Waals surface area (Å²) in [4.78, 5) is 30.3. The van der Waals surface area contributed by atoms with E-state index in [1.54, 1.807) is 30.3 Å². The second kappa shape index (κ2) is 9.12. The number of hydrogen-bond acceptors (Lipinski definition) is 4. The molecule has 1 aliphatic rings. The van der Waals surface area contributed by atoms with E-state index in [4.69, 9.17) is 11.6 Å². The Kier molecular flexibility index (Phi) is 6.25. The summed E-state index contributed by atoms with van der Waals surface area (Å²) in [5.41, 5.74) is 4.55. The average molecular weight is 460 g/mol. The van der Waals surface area contributed by atoms with Crippen molar-refractivity contribution < 1.29 is 9.59 Å². The number of halogens is 1. The SMILES string of the molecule is CC(C)c1ccc(NC2=C(c3ccc(Cl)cc3)C(=O)N(c3cccc(N(C)C)c3)C2=O)cc1. The van der Waals surface area contributed by atoms with Gasteiger partial charge in [0.15, 0.2) is 0 Å². The lowest BCUT2D eigenvalue weighted by Gasteiger charge is -2.19. The molecule has 0 spiro atoms. The first kappa shape index (κ1) is 22.6. The van der Waals surface area contributed by atoms with Gasteiger partial charge < -0.3 is 10.2 Å². The molecular weight excluding hydrogens is 434 g/mol. The van der Waals surface area contributed by atoms with Gasteiger partial charge in [0, 0.05) is 30.5 Å². The van der Waals surface area contributed by atoms with E-state index < -0.39 is 5.91 Å². The maximum Gasteiger partial charge on any atom is 0.282 e. The number of benzene rings is 3. The van der Waals surface area contributed by atoms with Crippen LogP contribution in [0.3, 0.4) is 0 Å². The molecule has 0 aromatic heterocycles. The van der Waals surface area contributed by atoms with Crippen LogP contribution in [0.2, 0.25) is 5.02 Å². The third kappa shape index (κ3) is 4.50. The molecule has 0 saturated heterocycles. The molecule has 0 atom stereocenters. The Labute approximate surface area is 199 Å². The Balaban J connectivity index is 1.78. The number of nitrogens with zero attached hydrogens (tertiary/aromatic N) is 2. The van der Waals surface area contributed by atoms with Crippen molar-refractivity contribution in [3.63, 3.8) is 0 Å². The zero-order valence-corrected chi connectivity index (χ0v) is 19.9. The van der Waals surface area contributed by atoms with Gasteiger partial charge in [-0.05, 0) is 59.5 Å². The molecule has 6 heteroatoms. The van der Waals surface area contributed by atoms with E-state index in [0.717, 1.165) is 11.4 Å². The van der Waals surface area contributed by atoms with E-state index in [0.29, 0.717) is 27.8 Å². The highest BCUT2D eigenvalue weighted by atomic mass is 35.5. The minimum atomic E-state index is -0.395. The van der Waals surface area contributed by atoms with Crippen molar-refractivity contribution in [2.75, 3.05) is 29.2 Å². The third-order valence-electron chi connectivity index (χ3n) is 5.67. The Bertz CT molecular complexity index is 1230.